The maximum Gasteiger partial charge on any atom is -0.00144 e. The monoisotopic (exact) mass is 215 g/mol. The molecule has 1 nitrogen and oxygen atoms in total. The van der Waals surface area contributed by atoms with Crippen molar-refractivity contribution >= 4 is 0 Å². The molecule has 0 aromatic heterocycles. The van der Waals surface area contributed by atoms with E-state index in [9.17, 15) is 0 Å². The summed E-state index contributed by atoms with van der Waals surface area (Å²) >= 11 is 0. The summed E-state index contributed by atoms with van der Waals surface area (Å²) in [6, 6.07) is 7.11. The molecule has 1 heterocycles. The third-order valence-corrected chi connectivity index (χ3v) is 4.37. The number of nitrogens with one attached hydrogen (secondary N) is 1. The van der Waals surface area contributed by atoms with Crippen molar-refractivity contribution in [1.82, 2.24) is 5.32 Å². The van der Waals surface area contributed by atoms with Crippen LogP contribution in [0.15, 0.2) is 18.2 Å². The normalized spacial score (nSPS) is 33.0. The average Bonchev–Trinajstić information content (AvgIpc) is 2.47. The molecule has 1 aliphatic heterocycles. The highest BCUT2D eigenvalue weighted by molar-refractivity contribution is 5.33. The summed E-state index contributed by atoms with van der Waals surface area (Å²) < 4.78 is 0. The molecule has 1 heteroatoms. The van der Waals surface area contributed by atoms with Gasteiger partial charge in [0.05, 0.1) is 0 Å². The summed E-state index contributed by atoms with van der Waals surface area (Å²) in [5.41, 5.74) is 4.45. The molecule has 0 spiro atoms. The predicted octanol–water partition coefficient (Wildman–Crippen LogP) is 3.02. The Bertz CT molecular complexity index is 360. The van der Waals surface area contributed by atoms with E-state index in [1.807, 2.05) is 0 Å². The number of fused-ring (bicyclic) bond motifs is 2. The minimum Gasteiger partial charge on any atom is -0.316 e. The van der Waals surface area contributed by atoms with Crippen molar-refractivity contribution < 1.29 is 0 Å². The van der Waals surface area contributed by atoms with Crippen LogP contribution in [0.3, 0.4) is 0 Å². The van der Waals surface area contributed by atoms with E-state index in [-0.39, 0.29) is 0 Å². The first-order valence-electron chi connectivity index (χ1n) is 6.53. The molecule has 3 rings (SSSR count). The highest BCUT2D eigenvalue weighted by atomic mass is 14.9. The van der Waals surface area contributed by atoms with E-state index >= 15 is 0 Å². The van der Waals surface area contributed by atoms with Crippen LogP contribution < -0.4 is 5.32 Å². The molecule has 2 fully saturated rings. The van der Waals surface area contributed by atoms with Crippen molar-refractivity contribution in [3.8, 4) is 0 Å². The van der Waals surface area contributed by atoms with Gasteiger partial charge >= 0.3 is 0 Å². The van der Waals surface area contributed by atoms with Gasteiger partial charge in [-0.3, -0.25) is 0 Å². The van der Waals surface area contributed by atoms with Gasteiger partial charge < -0.3 is 5.32 Å². The highest BCUT2D eigenvalue weighted by Gasteiger charge is 2.39. The van der Waals surface area contributed by atoms with Gasteiger partial charge in [-0.15, -0.1) is 0 Å². The molecule has 0 amide bonds. The average molecular weight is 215 g/mol. The van der Waals surface area contributed by atoms with E-state index < -0.39 is 0 Å². The largest absolute Gasteiger partial charge is 0.316 e. The van der Waals surface area contributed by atoms with E-state index in [1.165, 1.54) is 37.1 Å². The van der Waals surface area contributed by atoms with Gasteiger partial charge in [-0.25, -0.2) is 0 Å². The van der Waals surface area contributed by atoms with Crippen LogP contribution in [0.5, 0.6) is 0 Å². The summed E-state index contributed by atoms with van der Waals surface area (Å²) in [5.74, 6) is 2.61. The Kier molecular flexibility index (Phi) is 2.51. The second kappa shape index (κ2) is 3.89. The molecule has 1 N–H and O–H groups in total. The first-order chi connectivity index (χ1) is 7.74. The Morgan fingerprint density at radius 1 is 0.938 bits per heavy atom. The zero-order valence-electron chi connectivity index (χ0n) is 10.3. The second-order valence-corrected chi connectivity index (χ2v) is 5.70. The van der Waals surface area contributed by atoms with Gasteiger partial charge in [0.1, 0.15) is 0 Å². The van der Waals surface area contributed by atoms with Crippen LogP contribution in [-0.2, 0) is 0 Å². The quantitative estimate of drug-likeness (QED) is 0.759. The summed E-state index contributed by atoms with van der Waals surface area (Å²) in [7, 11) is 0. The zero-order valence-corrected chi connectivity index (χ0v) is 10.3. The third-order valence-electron chi connectivity index (χ3n) is 4.37. The highest BCUT2D eigenvalue weighted by Crippen LogP contribution is 2.46. The van der Waals surface area contributed by atoms with Gasteiger partial charge in [0.15, 0.2) is 0 Å². The van der Waals surface area contributed by atoms with Crippen LogP contribution in [0, 0.1) is 25.7 Å². The first-order valence-corrected chi connectivity index (χ1v) is 6.53. The Labute approximate surface area is 98.3 Å². The molecular weight excluding hydrogens is 194 g/mol. The van der Waals surface area contributed by atoms with Gasteiger partial charge in [-0.2, -0.15) is 0 Å². The Balaban J connectivity index is 1.97. The topological polar surface area (TPSA) is 12.0 Å². The first kappa shape index (κ1) is 10.3. The van der Waals surface area contributed by atoms with E-state index in [0.29, 0.717) is 0 Å². The summed E-state index contributed by atoms with van der Waals surface area (Å²) in [4.78, 5) is 0. The van der Waals surface area contributed by atoms with Crippen LogP contribution in [0.25, 0.3) is 0 Å². The lowest BCUT2D eigenvalue weighted by atomic mass is 9.80. The Morgan fingerprint density at radius 3 is 2.06 bits per heavy atom. The molecule has 2 unspecified atom stereocenters. The fourth-order valence-corrected chi connectivity index (χ4v) is 3.83. The lowest BCUT2D eigenvalue weighted by Gasteiger charge is -2.31. The second-order valence-electron chi connectivity index (χ2n) is 5.70. The third kappa shape index (κ3) is 1.67. The predicted molar refractivity (Wildman–Crippen MR) is 67.7 cm³/mol. The van der Waals surface area contributed by atoms with Crippen molar-refractivity contribution in [3.05, 3.63) is 34.9 Å². The molecule has 1 aromatic carbocycles. The molecule has 2 atom stereocenters. The van der Waals surface area contributed by atoms with E-state index in [0.717, 1.165) is 17.8 Å². The van der Waals surface area contributed by atoms with Gasteiger partial charge in [-0.05, 0) is 63.1 Å². The maximum atomic E-state index is 3.58. The van der Waals surface area contributed by atoms with Crippen LogP contribution in [0.2, 0.25) is 0 Å². The SMILES string of the molecule is Cc1cc(C)cc(C2C3CCC2CNC3)c1. The molecule has 2 aliphatic rings. The number of hydrogen-bond donors (Lipinski definition) is 1. The van der Waals surface area contributed by atoms with Crippen molar-refractivity contribution in [2.45, 2.75) is 32.6 Å². The molecule has 1 saturated carbocycles. The minimum absolute atomic E-state index is 0.833. The van der Waals surface area contributed by atoms with Crippen LogP contribution >= 0.6 is 0 Å². The van der Waals surface area contributed by atoms with Gasteiger partial charge in [-0.1, -0.05) is 29.3 Å². The summed E-state index contributed by atoms with van der Waals surface area (Å²) in [5, 5.41) is 3.58. The Morgan fingerprint density at radius 2 is 1.50 bits per heavy atom. The molecule has 1 aliphatic carbocycles. The Hall–Kier alpha value is -0.820. The van der Waals surface area contributed by atoms with Gasteiger partial charge in [0.2, 0.25) is 0 Å². The van der Waals surface area contributed by atoms with Gasteiger partial charge in [0.25, 0.3) is 0 Å². The van der Waals surface area contributed by atoms with Crippen molar-refractivity contribution in [2.24, 2.45) is 11.8 Å². The maximum absolute atomic E-state index is 3.58. The lowest BCUT2D eigenvalue weighted by Crippen LogP contribution is -2.36. The fourth-order valence-electron chi connectivity index (χ4n) is 3.83. The smallest absolute Gasteiger partial charge is 0.00144 e. The molecule has 86 valence electrons. The number of rotatable bonds is 1. The zero-order chi connectivity index (χ0) is 11.1. The molecule has 1 saturated heterocycles. The van der Waals surface area contributed by atoms with Crippen molar-refractivity contribution in [2.75, 3.05) is 13.1 Å². The van der Waals surface area contributed by atoms with Crippen molar-refractivity contribution in [3.63, 3.8) is 0 Å². The summed E-state index contributed by atoms with van der Waals surface area (Å²) in [6.45, 7) is 6.90. The molecule has 0 radical (unpaired) electrons. The molecular formula is C15H21N. The van der Waals surface area contributed by atoms with Crippen molar-refractivity contribution in [1.29, 1.82) is 0 Å². The molecule has 1 aromatic rings. The van der Waals surface area contributed by atoms with Crippen LogP contribution in [0.4, 0.5) is 0 Å². The lowest BCUT2D eigenvalue weighted by molar-refractivity contribution is 0.322. The number of aryl methyl sites for hydroxylation is 2. The van der Waals surface area contributed by atoms with E-state index in [1.54, 1.807) is 5.56 Å². The van der Waals surface area contributed by atoms with E-state index in [4.69, 9.17) is 0 Å². The summed E-state index contributed by atoms with van der Waals surface area (Å²) in [6.07, 6.45) is 2.85. The fraction of sp³-hybridized carbons (Fsp3) is 0.600. The number of piperidine rings is 1. The van der Waals surface area contributed by atoms with Crippen LogP contribution in [0.1, 0.15) is 35.4 Å². The minimum atomic E-state index is 0.833. The number of benzene rings is 1. The standard InChI is InChI=1S/C15H21N/c1-10-5-11(2)7-14(6-10)15-12-3-4-13(15)9-16-8-12/h5-7,12-13,15-16H,3-4,8-9H2,1-2H3. The van der Waals surface area contributed by atoms with E-state index in [2.05, 4.69) is 37.4 Å². The van der Waals surface area contributed by atoms with Crippen LogP contribution in [-0.4, -0.2) is 13.1 Å². The number of hydrogen-bond acceptors (Lipinski definition) is 1. The van der Waals surface area contributed by atoms with Gasteiger partial charge in [0, 0.05) is 0 Å². The molecule has 2 bridgehead atoms. The molecule has 16 heavy (non-hydrogen) atoms.